The number of hydrogen-bond donors (Lipinski definition) is 0. The Bertz CT molecular complexity index is 1160. The third-order valence-electron chi connectivity index (χ3n) is 5.29. The number of aromatic nitrogens is 3. The van der Waals surface area contributed by atoms with Crippen LogP contribution in [0.5, 0.6) is 0 Å². The van der Waals surface area contributed by atoms with Crippen LogP contribution < -0.4 is 0 Å². The van der Waals surface area contributed by atoms with Crippen molar-refractivity contribution in [3.8, 4) is 0 Å². The molecule has 0 spiro atoms. The highest BCUT2D eigenvalue weighted by atomic mass is 35.5. The van der Waals surface area contributed by atoms with Crippen LogP contribution in [0.2, 0.25) is 5.02 Å². The Balaban J connectivity index is 1.56. The Morgan fingerprint density at radius 2 is 2.10 bits per heavy atom. The van der Waals surface area contributed by atoms with Gasteiger partial charge in [-0.2, -0.15) is 4.31 Å². The summed E-state index contributed by atoms with van der Waals surface area (Å²) in [7, 11) is -3.71. The highest BCUT2D eigenvalue weighted by molar-refractivity contribution is 7.89. The van der Waals surface area contributed by atoms with Crippen molar-refractivity contribution in [2.45, 2.75) is 37.6 Å². The standard InChI is InChI=1S/C20H22ClFN4O2S/c1-13(2)26-19(24-18-4-3-8-23-20(18)26)10-14-7-9-25(12-14)29(27,28)15-5-6-17(22)16(21)11-15/h3-6,8,11,13-14H,7,9-10,12H2,1-2H3/t14-/m0/s1. The Morgan fingerprint density at radius 1 is 1.31 bits per heavy atom. The predicted octanol–water partition coefficient (Wildman–Crippen LogP) is 4.06. The Labute approximate surface area is 174 Å². The van der Waals surface area contributed by atoms with Gasteiger partial charge in [-0.3, -0.25) is 0 Å². The van der Waals surface area contributed by atoms with E-state index < -0.39 is 15.8 Å². The fourth-order valence-electron chi connectivity index (χ4n) is 3.89. The maximum absolute atomic E-state index is 13.4. The van der Waals surface area contributed by atoms with Crippen LogP contribution in [0.25, 0.3) is 11.2 Å². The SMILES string of the molecule is CC(C)n1c(C[C@@H]2CCN(S(=O)(=O)c3ccc(F)c(Cl)c3)C2)nc2cccnc21. The monoisotopic (exact) mass is 436 g/mol. The lowest BCUT2D eigenvalue weighted by atomic mass is 10.0. The van der Waals surface area contributed by atoms with Gasteiger partial charge in [0.1, 0.15) is 17.2 Å². The second-order valence-corrected chi connectivity index (χ2v) is 9.98. The molecule has 0 amide bonds. The van der Waals surface area contributed by atoms with Gasteiger partial charge in [-0.15, -0.1) is 0 Å². The van der Waals surface area contributed by atoms with Gasteiger partial charge in [0.2, 0.25) is 10.0 Å². The van der Waals surface area contributed by atoms with E-state index in [2.05, 4.69) is 23.4 Å². The molecule has 0 radical (unpaired) electrons. The van der Waals surface area contributed by atoms with Crippen LogP contribution in [-0.4, -0.2) is 40.3 Å². The van der Waals surface area contributed by atoms with E-state index in [9.17, 15) is 12.8 Å². The average molecular weight is 437 g/mol. The lowest BCUT2D eigenvalue weighted by Gasteiger charge is -2.18. The molecule has 3 aromatic rings. The number of nitrogens with zero attached hydrogens (tertiary/aromatic N) is 4. The summed E-state index contributed by atoms with van der Waals surface area (Å²) in [5.74, 6) is 0.434. The lowest BCUT2D eigenvalue weighted by molar-refractivity contribution is 0.447. The van der Waals surface area contributed by atoms with Gasteiger partial charge in [-0.1, -0.05) is 11.6 Å². The maximum atomic E-state index is 13.4. The van der Waals surface area contributed by atoms with Crippen LogP contribution in [0.3, 0.4) is 0 Å². The minimum Gasteiger partial charge on any atom is -0.310 e. The van der Waals surface area contributed by atoms with Crippen LogP contribution in [0.4, 0.5) is 4.39 Å². The molecule has 9 heteroatoms. The molecule has 1 atom stereocenters. The number of benzene rings is 1. The van der Waals surface area contributed by atoms with Crippen molar-refractivity contribution >= 4 is 32.8 Å². The van der Waals surface area contributed by atoms with E-state index in [-0.39, 0.29) is 21.9 Å². The van der Waals surface area contributed by atoms with E-state index in [0.29, 0.717) is 19.5 Å². The van der Waals surface area contributed by atoms with Gasteiger partial charge in [0.25, 0.3) is 0 Å². The molecule has 0 saturated carbocycles. The number of imidazole rings is 1. The zero-order valence-electron chi connectivity index (χ0n) is 16.2. The molecule has 2 aromatic heterocycles. The number of fused-ring (bicyclic) bond motifs is 1. The second kappa shape index (κ2) is 7.66. The topological polar surface area (TPSA) is 68.1 Å². The highest BCUT2D eigenvalue weighted by Gasteiger charge is 2.34. The summed E-state index contributed by atoms with van der Waals surface area (Å²) < 4.78 is 42.8. The lowest BCUT2D eigenvalue weighted by Crippen LogP contribution is -2.29. The van der Waals surface area contributed by atoms with Crippen molar-refractivity contribution in [1.29, 1.82) is 0 Å². The molecule has 1 aliphatic rings. The molecule has 1 saturated heterocycles. The Hall–Kier alpha value is -2.03. The van der Waals surface area contributed by atoms with Crippen LogP contribution in [0, 0.1) is 11.7 Å². The van der Waals surface area contributed by atoms with Crippen molar-refractivity contribution in [3.63, 3.8) is 0 Å². The molecule has 1 fully saturated rings. The van der Waals surface area contributed by atoms with Gasteiger partial charge >= 0.3 is 0 Å². The number of halogens is 2. The fourth-order valence-corrected chi connectivity index (χ4v) is 5.69. The van der Waals surface area contributed by atoms with Gasteiger partial charge in [0.05, 0.1) is 9.92 Å². The van der Waals surface area contributed by atoms with Crippen LogP contribution in [-0.2, 0) is 16.4 Å². The van der Waals surface area contributed by atoms with Crippen molar-refractivity contribution in [1.82, 2.24) is 18.8 Å². The molecule has 4 rings (SSSR count). The van der Waals surface area contributed by atoms with E-state index in [1.807, 2.05) is 12.1 Å². The molecule has 0 unspecified atom stereocenters. The highest BCUT2D eigenvalue weighted by Crippen LogP contribution is 2.29. The summed E-state index contributed by atoms with van der Waals surface area (Å²) in [5, 5.41) is -0.194. The first-order valence-corrected chi connectivity index (χ1v) is 11.4. The molecule has 1 aromatic carbocycles. The Morgan fingerprint density at radius 3 is 2.83 bits per heavy atom. The third kappa shape index (κ3) is 3.76. The molecule has 3 heterocycles. The summed E-state index contributed by atoms with van der Waals surface area (Å²) in [6.45, 7) is 4.99. The minimum atomic E-state index is -3.71. The quantitative estimate of drug-likeness (QED) is 0.604. The number of pyridine rings is 1. The second-order valence-electron chi connectivity index (χ2n) is 7.64. The van der Waals surface area contributed by atoms with Crippen molar-refractivity contribution in [2.75, 3.05) is 13.1 Å². The smallest absolute Gasteiger partial charge is 0.243 e. The molecular weight excluding hydrogens is 415 g/mol. The van der Waals surface area contributed by atoms with E-state index >= 15 is 0 Å². The average Bonchev–Trinajstić information content (AvgIpc) is 3.28. The largest absolute Gasteiger partial charge is 0.310 e. The van der Waals surface area contributed by atoms with Gasteiger partial charge < -0.3 is 4.57 Å². The number of rotatable bonds is 5. The van der Waals surface area contributed by atoms with Crippen molar-refractivity contribution < 1.29 is 12.8 Å². The molecule has 0 bridgehead atoms. The third-order valence-corrected chi connectivity index (χ3v) is 7.44. The predicted molar refractivity (Wildman–Crippen MR) is 110 cm³/mol. The van der Waals surface area contributed by atoms with E-state index in [1.165, 1.54) is 16.4 Å². The first kappa shape index (κ1) is 20.3. The molecule has 154 valence electrons. The molecule has 0 N–H and O–H groups in total. The van der Waals surface area contributed by atoms with E-state index in [0.717, 1.165) is 29.5 Å². The van der Waals surface area contributed by atoms with Gasteiger partial charge in [0.15, 0.2) is 5.65 Å². The number of sulfonamides is 1. The molecule has 6 nitrogen and oxygen atoms in total. The van der Waals surface area contributed by atoms with Crippen LogP contribution in [0.15, 0.2) is 41.4 Å². The number of hydrogen-bond acceptors (Lipinski definition) is 4. The van der Waals surface area contributed by atoms with Gasteiger partial charge in [-0.05, 0) is 56.5 Å². The van der Waals surface area contributed by atoms with Gasteiger partial charge in [-0.25, -0.2) is 22.8 Å². The van der Waals surface area contributed by atoms with Crippen molar-refractivity contribution in [3.05, 3.63) is 53.2 Å². The Kier molecular flexibility index (Phi) is 5.35. The summed E-state index contributed by atoms with van der Waals surface area (Å²) >= 11 is 5.77. The zero-order chi connectivity index (χ0) is 20.8. The molecule has 29 heavy (non-hydrogen) atoms. The molecular formula is C20H22ClFN4O2S. The van der Waals surface area contributed by atoms with E-state index in [1.54, 1.807) is 6.20 Å². The molecule has 1 aliphatic heterocycles. The summed E-state index contributed by atoms with van der Waals surface area (Å²) in [6.07, 6.45) is 3.16. The fraction of sp³-hybridized carbons (Fsp3) is 0.400. The van der Waals surface area contributed by atoms with Gasteiger partial charge in [0, 0.05) is 31.7 Å². The van der Waals surface area contributed by atoms with Crippen LogP contribution in [0.1, 0.15) is 32.1 Å². The first-order chi connectivity index (χ1) is 13.8. The maximum Gasteiger partial charge on any atom is 0.243 e. The summed E-state index contributed by atoms with van der Waals surface area (Å²) in [6, 6.07) is 7.51. The molecule has 0 aliphatic carbocycles. The van der Waals surface area contributed by atoms with Crippen molar-refractivity contribution in [2.24, 2.45) is 5.92 Å². The minimum absolute atomic E-state index is 0.0168. The normalized spacial score (nSPS) is 18.2. The first-order valence-electron chi connectivity index (χ1n) is 9.54. The summed E-state index contributed by atoms with van der Waals surface area (Å²) in [4.78, 5) is 9.21. The zero-order valence-corrected chi connectivity index (χ0v) is 17.8. The summed E-state index contributed by atoms with van der Waals surface area (Å²) in [5.41, 5.74) is 1.69. The van der Waals surface area contributed by atoms with E-state index in [4.69, 9.17) is 16.6 Å². The van der Waals surface area contributed by atoms with Crippen LogP contribution >= 0.6 is 11.6 Å².